The van der Waals surface area contributed by atoms with Gasteiger partial charge in [-0.2, -0.15) is 4.31 Å². The van der Waals surface area contributed by atoms with Crippen molar-refractivity contribution in [2.24, 2.45) is 0 Å². The molecule has 0 saturated carbocycles. The van der Waals surface area contributed by atoms with E-state index in [4.69, 9.17) is 0 Å². The molecule has 0 atom stereocenters. The van der Waals surface area contributed by atoms with E-state index in [9.17, 15) is 13.5 Å². The van der Waals surface area contributed by atoms with E-state index in [0.29, 0.717) is 18.8 Å². The van der Waals surface area contributed by atoms with Crippen molar-refractivity contribution < 1.29 is 13.5 Å². The minimum Gasteiger partial charge on any atom is -0.390 e. The largest absolute Gasteiger partial charge is 0.390 e. The lowest BCUT2D eigenvalue weighted by atomic mass is 10.4. The summed E-state index contributed by atoms with van der Waals surface area (Å²) in [5, 5.41) is 9.35. The first-order valence-corrected chi connectivity index (χ1v) is 8.64. The highest BCUT2D eigenvalue weighted by Crippen LogP contribution is 2.21. The topological polar surface area (TPSA) is 62.5 Å². The van der Waals surface area contributed by atoms with Crippen LogP contribution in [0.3, 0.4) is 0 Å². The molecule has 0 aromatic carbocycles. The summed E-state index contributed by atoms with van der Waals surface area (Å²) in [6.45, 7) is 8.81. The maximum Gasteiger partial charge on any atom is 0.244 e. The number of aryl methyl sites for hydroxylation is 1. The number of aliphatic hydroxyl groups excluding tert-OH is 1. The Bertz CT molecular complexity index is 521. The predicted octanol–water partition coefficient (Wildman–Crippen LogP) is 2.20. The Hall–Kier alpha value is -0.850. The first kappa shape index (κ1) is 17.2. The van der Waals surface area contributed by atoms with Crippen LogP contribution in [0.5, 0.6) is 0 Å². The van der Waals surface area contributed by atoms with Gasteiger partial charge in [0.05, 0.1) is 6.61 Å². The number of hydrogen-bond donors (Lipinski definition) is 1. The number of sulfonamides is 1. The zero-order valence-electron chi connectivity index (χ0n) is 12.8. The Labute approximate surface area is 122 Å². The Morgan fingerprint density at radius 3 is 2.40 bits per heavy atom. The molecule has 1 heterocycles. The van der Waals surface area contributed by atoms with Gasteiger partial charge in [0.1, 0.15) is 4.90 Å². The Balaban J connectivity index is 3.20. The quantitative estimate of drug-likeness (QED) is 0.801. The van der Waals surface area contributed by atoms with Gasteiger partial charge in [0, 0.05) is 31.0 Å². The van der Waals surface area contributed by atoms with E-state index in [0.717, 1.165) is 12.8 Å². The standard InChI is InChI=1S/C14H26N2O3S/c1-5-7-15-10-14(9-13(15)11-17)20(18,19)16(8-6-2)12(3)4/h9-10,12,17H,5-8,11H2,1-4H3. The smallest absolute Gasteiger partial charge is 0.244 e. The summed E-state index contributed by atoms with van der Waals surface area (Å²) in [4.78, 5) is 0.275. The molecular formula is C14H26N2O3S. The second kappa shape index (κ2) is 7.24. The molecule has 116 valence electrons. The van der Waals surface area contributed by atoms with Gasteiger partial charge in [-0.1, -0.05) is 13.8 Å². The van der Waals surface area contributed by atoms with E-state index < -0.39 is 10.0 Å². The number of aliphatic hydroxyl groups is 1. The minimum atomic E-state index is -3.49. The lowest BCUT2D eigenvalue weighted by Crippen LogP contribution is -2.37. The number of nitrogens with zero attached hydrogens (tertiary/aromatic N) is 2. The molecule has 0 radical (unpaired) electrons. The highest BCUT2D eigenvalue weighted by Gasteiger charge is 2.27. The van der Waals surface area contributed by atoms with Gasteiger partial charge in [0.25, 0.3) is 0 Å². The maximum absolute atomic E-state index is 12.7. The summed E-state index contributed by atoms with van der Waals surface area (Å²) < 4.78 is 28.7. The third kappa shape index (κ3) is 3.62. The van der Waals surface area contributed by atoms with Crippen molar-refractivity contribution in [1.29, 1.82) is 0 Å². The first-order valence-electron chi connectivity index (χ1n) is 7.20. The van der Waals surface area contributed by atoms with Crippen LogP contribution in [0.1, 0.15) is 46.2 Å². The van der Waals surface area contributed by atoms with Crippen molar-refractivity contribution in [3.8, 4) is 0 Å². The van der Waals surface area contributed by atoms with Crippen molar-refractivity contribution in [3.63, 3.8) is 0 Å². The molecule has 0 fully saturated rings. The molecule has 0 unspecified atom stereocenters. The van der Waals surface area contributed by atoms with E-state index in [1.807, 2.05) is 32.3 Å². The fraction of sp³-hybridized carbons (Fsp3) is 0.714. The average molecular weight is 302 g/mol. The molecule has 1 N–H and O–H groups in total. The molecule has 0 spiro atoms. The number of hydrogen-bond acceptors (Lipinski definition) is 3. The third-order valence-electron chi connectivity index (χ3n) is 3.21. The van der Waals surface area contributed by atoms with Crippen LogP contribution in [0.25, 0.3) is 0 Å². The van der Waals surface area contributed by atoms with Crippen LogP contribution < -0.4 is 0 Å². The van der Waals surface area contributed by atoms with Gasteiger partial charge in [0.2, 0.25) is 10.0 Å². The summed E-state index contributed by atoms with van der Waals surface area (Å²) >= 11 is 0. The molecule has 0 aliphatic heterocycles. The monoisotopic (exact) mass is 302 g/mol. The van der Waals surface area contributed by atoms with Crippen LogP contribution >= 0.6 is 0 Å². The van der Waals surface area contributed by atoms with Gasteiger partial charge < -0.3 is 9.67 Å². The van der Waals surface area contributed by atoms with Gasteiger partial charge in [-0.15, -0.1) is 0 Å². The van der Waals surface area contributed by atoms with E-state index in [1.165, 1.54) is 4.31 Å². The van der Waals surface area contributed by atoms with Gasteiger partial charge in [-0.05, 0) is 32.8 Å². The molecule has 6 heteroatoms. The molecule has 1 aromatic rings. The van der Waals surface area contributed by atoms with Crippen LogP contribution in [-0.4, -0.2) is 35.0 Å². The summed E-state index contributed by atoms with van der Waals surface area (Å²) in [5.74, 6) is 0. The fourth-order valence-corrected chi connectivity index (χ4v) is 4.05. The summed E-state index contributed by atoms with van der Waals surface area (Å²) in [6, 6.07) is 1.50. The van der Waals surface area contributed by atoms with Gasteiger partial charge in [-0.3, -0.25) is 0 Å². The molecular weight excluding hydrogens is 276 g/mol. The highest BCUT2D eigenvalue weighted by molar-refractivity contribution is 7.89. The molecule has 20 heavy (non-hydrogen) atoms. The average Bonchev–Trinajstić information content (AvgIpc) is 2.79. The van der Waals surface area contributed by atoms with E-state index in [1.54, 1.807) is 12.3 Å². The van der Waals surface area contributed by atoms with Crippen LogP contribution in [0.2, 0.25) is 0 Å². The molecule has 0 aliphatic rings. The maximum atomic E-state index is 12.7. The lowest BCUT2D eigenvalue weighted by molar-refractivity contribution is 0.270. The Morgan fingerprint density at radius 2 is 1.95 bits per heavy atom. The third-order valence-corrected chi connectivity index (χ3v) is 5.25. The molecule has 0 amide bonds. The van der Waals surface area contributed by atoms with Crippen molar-refractivity contribution in [2.45, 2.75) is 64.6 Å². The zero-order chi connectivity index (χ0) is 15.3. The fourth-order valence-electron chi connectivity index (χ4n) is 2.26. The molecule has 0 aliphatic carbocycles. The van der Waals surface area contributed by atoms with Crippen molar-refractivity contribution in [1.82, 2.24) is 8.87 Å². The second-order valence-electron chi connectivity index (χ2n) is 5.23. The molecule has 0 bridgehead atoms. The Morgan fingerprint density at radius 1 is 1.30 bits per heavy atom. The van der Waals surface area contributed by atoms with Crippen molar-refractivity contribution in [3.05, 3.63) is 18.0 Å². The van der Waals surface area contributed by atoms with Crippen LogP contribution in [0.15, 0.2) is 17.2 Å². The first-order chi connectivity index (χ1) is 9.38. The number of rotatable bonds is 8. The van der Waals surface area contributed by atoms with E-state index in [-0.39, 0.29) is 17.5 Å². The summed E-state index contributed by atoms with van der Waals surface area (Å²) in [7, 11) is -3.49. The molecule has 0 saturated heterocycles. The zero-order valence-corrected chi connectivity index (χ0v) is 13.7. The normalized spacial score (nSPS) is 12.6. The van der Waals surface area contributed by atoms with Crippen LogP contribution in [-0.2, 0) is 23.2 Å². The minimum absolute atomic E-state index is 0.0768. The van der Waals surface area contributed by atoms with E-state index in [2.05, 4.69) is 0 Å². The summed E-state index contributed by atoms with van der Waals surface area (Å²) in [6.07, 6.45) is 3.30. The predicted molar refractivity (Wildman–Crippen MR) is 80.0 cm³/mol. The lowest BCUT2D eigenvalue weighted by Gasteiger charge is -2.24. The van der Waals surface area contributed by atoms with Crippen molar-refractivity contribution in [2.75, 3.05) is 6.54 Å². The molecule has 1 rings (SSSR count). The second-order valence-corrected chi connectivity index (χ2v) is 7.12. The van der Waals surface area contributed by atoms with E-state index >= 15 is 0 Å². The van der Waals surface area contributed by atoms with Crippen molar-refractivity contribution >= 4 is 10.0 Å². The van der Waals surface area contributed by atoms with Crippen LogP contribution in [0, 0.1) is 0 Å². The molecule has 1 aromatic heterocycles. The van der Waals surface area contributed by atoms with Gasteiger partial charge in [-0.25, -0.2) is 8.42 Å². The highest BCUT2D eigenvalue weighted by atomic mass is 32.2. The number of aromatic nitrogens is 1. The summed E-state index contributed by atoms with van der Waals surface area (Å²) in [5.41, 5.74) is 0.644. The van der Waals surface area contributed by atoms with Gasteiger partial charge in [0.15, 0.2) is 0 Å². The molecule has 5 nitrogen and oxygen atoms in total. The van der Waals surface area contributed by atoms with Crippen LogP contribution in [0.4, 0.5) is 0 Å². The SMILES string of the molecule is CCCN(C(C)C)S(=O)(=O)c1cc(CO)n(CCC)c1. The van der Waals surface area contributed by atoms with Gasteiger partial charge >= 0.3 is 0 Å². The Kier molecular flexibility index (Phi) is 6.23.